The highest BCUT2D eigenvalue weighted by Gasteiger charge is 2.15. The molecule has 1 aromatic carbocycles. The first-order valence-corrected chi connectivity index (χ1v) is 11.9. The van der Waals surface area contributed by atoms with Gasteiger partial charge in [0.25, 0.3) is 0 Å². The van der Waals surface area contributed by atoms with E-state index in [-0.39, 0.29) is 11.6 Å². The molecule has 0 heterocycles. The van der Waals surface area contributed by atoms with Crippen LogP contribution in [-0.4, -0.2) is 11.6 Å². The Balaban J connectivity index is 2.15. The van der Waals surface area contributed by atoms with Crippen LogP contribution < -0.4 is 0 Å². The summed E-state index contributed by atoms with van der Waals surface area (Å²) >= 11 is 0. The average Bonchev–Trinajstić information content (AvgIpc) is 2.72. The largest absolute Gasteiger partial charge is 0.290 e. The summed E-state index contributed by atoms with van der Waals surface area (Å²) in [6, 6.07) is 7.70. The molecule has 0 amide bonds. The lowest BCUT2D eigenvalue weighted by Crippen LogP contribution is -2.13. The van der Waals surface area contributed by atoms with E-state index in [1.807, 2.05) is 24.3 Å². The van der Waals surface area contributed by atoms with Gasteiger partial charge < -0.3 is 0 Å². The van der Waals surface area contributed by atoms with Gasteiger partial charge in [0.1, 0.15) is 0 Å². The van der Waals surface area contributed by atoms with Crippen LogP contribution in [0.25, 0.3) is 0 Å². The fraction of sp³-hybridized carbons (Fsp3) is 0.692. The van der Waals surface area contributed by atoms with E-state index in [1.165, 1.54) is 69.8 Å². The normalized spacial score (nSPS) is 10.9. The molecule has 0 saturated carbocycles. The Kier molecular flexibility index (Phi) is 14.5. The van der Waals surface area contributed by atoms with Crippen molar-refractivity contribution in [3.05, 3.63) is 35.4 Å². The van der Waals surface area contributed by atoms with Crippen molar-refractivity contribution in [2.45, 2.75) is 117 Å². The van der Waals surface area contributed by atoms with Crippen LogP contribution >= 0.6 is 0 Å². The number of unbranched alkanes of at least 4 members (excludes halogenated alkanes) is 12. The van der Waals surface area contributed by atoms with E-state index in [9.17, 15) is 9.59 Å². The van der Waals surface area contributed by atoms with E-state index < -0.39 is 0 Å². The molecule has 0 aromatic heterocycles. The molecule has 0 N–H and O–H groups in total. The molecule has 0 bridgehead atoms. The van der Waals surface area contributed by atoms with Crippen LogP contribution in [0, 0.1) is 0 Å². The molecule has 0 saturated heterocycles. The second-order valence-electron chi connectivity index (χ2n) is 8.19. The second kappa shape index (κ2) is 16.5. The number of Topliss-reactive ketones (excluding diaryl/α,β-unsaturated/α-hetero) is 2. The average molecular weight is 387 g/mol. The fourth-order valence-electron chi connectivity index (χ4n) is 3.63. The number of hydrogen-bond donors (Lipinski definition) is 0. The highest BCUT2D eigenvalue weighted by molar-refractivity contribution is 6.43. The van der Waals surface area contributed by atoms with Crippen LogP contribution in [0.15, 0.2) is 24.3 Å². The van der Waals surface area contributed by atoms with Gasteiger partial charge in [-0.3, -0.25) is 9.59 Å². The van der Waals surface area contributed by atoms with Gasteiger partial charge in [-0.05, 0) is 24.8 Å². The van der Waals surface area contributed by atoms with Gasteiger partial charge in [-0.1, -0.05) is 115 Å². The highest BCUT2D eigenvalue weighted by atomic mass is 16.2. The van der Waals surface area contributed by atoms with Crippen LogP contribution in [0.2, 0.25) is 0 Å². The number of aryl methyl sites for hydroxylation is 1. The van der Waals surface area contributed by atoms with E-state index in [0.717, 1.165) is 32.1 Å². The molecule has 1 aromatic rings. The second-order valence-corrected chi connectivity index (χ2v) is 8.19. The SMILES string of the molecule is CCCCCCCCCCCCc1ccc(C(=O)C(=O)CCCCCC)cc1. The number of rotatable bonds is 18. The van der Waals surface area contributed by atoms with Gasteiger partial charge in [-0.15, -0.1) is 0 Å². The monoisotopic (exact) mass is 386 g/mol. The Morgan fingerprint density at radius 1 is 0.607 bits per heavy atom. The minimum absolute atomic E-state index is 0.237. The van der Waals surface area contributed by atoms with Gasteiger partial charge in [-0.2, -0.15) is 0 Å². The first-order chi connectivity index (χ1) is 13.7. The maximum Gasteiger partial charge on any atom is 0.228 e. The standard InChI is InChI=1S/C26H42O2/c1-3-5-7-9-10-11-12-13-14-15-17-23-19-21-24(22-20-23)26(28)25(27)18-16-8-6-4-2/h19-22H,3-18H2,1-2H3. The topological polar surface area (TPSA) is 34.1 Å². The lowest BCUT2D eigenvalue weighted by molar-refractivity contribution is -0.115. The van der Waals surface area contributed by atoms with E-state index in [1.54, 1.807) is 0 Å². The lowest BCUT2D eigenvalue weighted by atomic mass is 9.99. The third kappa shape index (κ3) is 11.4. The molecule has 158 valence electrons. The van der Waals surface area contributed by atoms with Crippen LogP contribution in [0.1, 0.15) is 126 Å². The molecule has 0 fully saturated rings. The number of ketones is 2. The summed E-state index contributed by atoms with van der Waals surface area (Å²) in [5, 5.41) is 0. The molecule has 0 aliphatic heterocycles. The van der Waals surface area contributed by atoms with Crippen molar-refractivity contribution in [2.75, 3.05) is 0 Å². The molecule has 28 heavy (non-hydrogen) atoms. The summed E-state index contributed by atoms with van der Waals surface area (Å²) < 4.78 is 0. The summed E-state index contributed by atoms with van der Waals surface area (Å²) in [6.07, 6.45) is 19.1. The van der Waals surface area contributed by atoms with E-state index >= 15 is 0 Å². The maximum absolute atomic E-state index is 12.2. The molecule has 0 spiro atoms. The predicted molar refractivity (Wildman–Crippen MR) is 120 cm³/mol. The third-order valence-corrected chi connectivity index (χ3v) is 5.55. The van der Waals surface area contributed by atoms with Crippen molar-refractivity contribution in [1.82, 2.24) is 0 Å². The predicted octanol–water partition coefficient (Wildman–Crippen LogP) is 7.87. The van der Waals surface area contributed by atoms with Crippen LogP contribution in [0.3, 0.4) is 0 Å². The molecule has 0 radical (unpaired) electrons. The van der Waals surface area contributed by atoms with E-state index in [0.29, 0.717) is 12.0 Å². The Bertz CT molecular complexity index is 530. The molecular formula is C26H42O2. The van der Waals surface area contributed by atoms with Crippen molar-refractivity contribution >= 4 is 11.6 Å². The first kappa shape index (κ1) is 24.6. The number of carbonyl (C=O) groups is 2. The minimum Gasteiger partial charge on any atom is -0.290 e. The molecule has 2 nitrogen and oxygen atoms in total. The number of benzene rings is 1. The van der Waals surface area contributed by atoms with Gasteiger partial charge in [0, 0.05) is 12.0 Å². The van der Waals surface area contributed by atoms with Crippen molar-refractivity contribution in [3.63, 3.8) is 0 Å². The summed E-state index contributed by atoms with van der Waals surface area (Å²) in [5.41, 5.74) is 1.82. The summed E-state index contributed by atoms with van der Waals surface area (Å²) in [5.74, 6) is -0.555. The third-order valence-electron chi connectivity index (χ3n) is 5.55. The van der Waals surface area contributed by atoms with Gasteiger partial charge in [0.15, 0.2) is 0 Å². The van der Waals surface area contributed by atoms with Crippen LogP contribution in [0.5, 0.6) is 0 Å². The molecule has 1 rings (SSSR count). The summed E-state index contributed by atoms with van der Waals surface area (Å²) in [6.45, 7) is 4.41. The van der Waals surface area contributed by atoms with Crippen molar-refractivity contribution < 1.29 is 9.59 Å². The molecule has 0 atom stereocenters. The van der Waals surface area contributed by atoms with Crippen molar-refractivity contribution in [1.29, 1.82) is 0 Å². The quantitative estimate of drug-likeness (QED) is 0.146. The van der Waals surface area contributed by atoms with Gasteiger partial charge >= 0.3 is 0 Å². The van der Waals surface area contributed by atoms with Crippen LogP contribution in [-0.2, 0) is 11.2 Å². The summed E-state index contributed by atoms with van der Waals surface area (Å²) in [4.78, 5) is 24.2. The smallest absolute Gasteiger partial charge is 0.228 e. The number of carbonyl (C=O) groups excluding carboxylic acids is 2. The zero-order valence-electron chi connectivity index (χ0n) is 18.4. The molecule has 0 aliphatic rings. The fourth-order valence-corrected chi connectivity index (χ4v) is 3.63. The van der Waals surface area contributed by atoms with Crippen LogP contribution in [0.4, 0.5) is 0 Å². The maximum atomic E-state index is 12.2. The van der Waals surface area contributed by atoms with E-state index in [2.05, 4.69) is 13.8 Å². The minimum atomic E-state index is -0.318. The zero-order chi connectivity index (χ0) is 20.5. The Morgan fingerprint density at radius 3 is 1.61 bits per heavy atom. The summed E-state index contributed by atoms with van der Waals surface area (Å²) in [7, 11) is 0. The number of hydrogen-bond acceptors (Lipinski definition) is 2. The zero-order valence-corrected chi connectivity index (χ0v) is 18.4. The molecule has 0 unspecified atom stereocenters. The van der Waals surface area contributed by atoms with Gasteiger partial charge in [0.2, 0.25) is 11.6 Å². The molecule has 2 heteroatoms. The van der Waals surface area contributed by atoms with Crippen molar-refractivity contribution in [2.24, 2.45) is 0 Å². The Hall–Kier alpha value is -1.44. The molecular weight excluding hydrogens is 344 g/mol. The van der Waals surface area contributed by atoms with E-state index in [4.69, 9.17) is 0 Å². The Morgan fingerprint density at radius 2 is 1.07 bits per heavy atom. The lowest BCUT2D eigenvalue weighted by Gasteiger charge is -2.05. The van der Waals surface area contributed by atoms with Gasteiger partial charge in [0.05, 0.1) is 0 Å². The van der Waals surface area contributed by atoms with Crippen molar-refractivity contribution in [3.8, 4) is 0 Å². The Labute approximate surface area is 173 Å². The highest BCUT2D eigenvalue weighted by Crippen LogP contribution is 2.14. The van der Waals surface area contributed by atoms with Gasteiger partial charge in [-0.25, -0.2) is 0 Å². The first-order valence-electron chi connectivity index (χ1n) is 11.9. The molecule has 0 aliphatic carbocycles.